The average Bonchev–Trinajstić information content (AvgIpc) is 3.50. The molecule has 0 heterocycles. The SMILES string of the molecule is CCN(CC)Cc1ccc(CNC(=NC)NCCCOCC2CC2)cc1. The van der Waals surface area contributed by atoms with E-state index in [1.807, 2.05) is 7.05 Å². The minimum absolute atomic E-state index is 0.781. The Morgan fingerprint density at radius 3 is 2.42 bits per heavy atom. The van der Waals surface area contributed by atoms with E-state index in [0.717, 1.165) is 64.2 Å². The zero-order valence-electron chi connectivity index (χ0n) is 16.8. The van der Waals surface area contributed by atoms with Crippen molar-refractivity contribution >= 4 is 5.96 Å². The molecule has 1 fully saturated rings. The Morgan fingerprint density at radius 2 is 1.81 bits per heavy atom. The molecule has 1 aromatic rings. The largest absolute Gasteiger partial charge is 0.381 e. The van der Waals surface area contributed by atoms with Gasteiger partial charge in [0.1, 0.15) is 0 Å². The van der Waals surface area contributed by atoms with Crippen LogP contribution in [0.1, 0.15) is 44.2 Å². The van der Waals surface area contributed by atoms with Gasteiger partial charge in [0.15, 0.2) is 5.96 Å². The number of nitrogens with zero attached hydrogens (tertiary/aromatic N) is 2. The van der Waals surface area contributed by atoms with Gasteiger partial charge in [-0.25, -0.2) is 0 Å². The number of benzene rings is 1. The number of aliphatic imine (C=N–C) groups is 1. The standard InChI is InChI=1S/C21H36N4O/c1-4-25(5-2)16-19-9-7-18(8-10-19)15-24-21(22-3)23-13-6-14-26-17-20-11-12-20/h7-10,20H,4-6,11-17H2,1-3H3,(H2,22,23,24). The molecule has 1 aliphatic rings. The summed E-state index contributed by atoms with van der Waals surface area (Å²) < 4.78 is 5.65. The summed E-state index contributed by atoms with van der Waals surface area (Å²) in [6, 6.07) is 8.85. The Kier molecular flexibility index (Phi) is 9.50. The Morgan fingerprint density at radius 1 is 1.12 bits per heavy atom. The van der Waals surface area contributed by atoms with Gasteiger partial charge in [0.05, 0.1) is 0 Å². The Bertz CT molecular complexity index is 521. The minimum Gasteiger partial charge on any atom is -0.381 e. The summed E-state index contributed by atoms with van der Waals surface area (Å²) in [6.45, 7) is 11.1. The Labute approximate surface area is 159 Å². The van der Waals surface area contributed by atoms with Crippen molar-refractivity contribution in [2.24, 2.45) is 10.9 Å². The number of hydrogen-bond acceptors (Lipinski definition) is 3. The summed E-state index contributed by atoms with van der Waals surface area (Å²) in [7, 11) is 1.81. The van der Waals surface area contributed by atoms with E-state index < -0.39 is 0 Å². The minimum atomic E-state index is 0.781. The van der Waals surface area contributed by atoms with Gasteiger partial charge in [0, 0.05) is 39.9 Å². The highest BCUT2D eigenvalue weighted by atomic mass is 16.5. The van der Waals surface area contributed by atoms with Gasteiger partial charge in [-0.2, -0.15) is 0 Å². The Hall–Kier alpha value is -1.59. The van der Waals surface area contributed by atoms with Gasteiger partial charge in [-0.05, 0) is 49.4 Å². The molecule has 1 aromatic carbocycles. The lowest BCUT2D eigenvalue weighted by atomic mass is 10.1. The molecule has 0 radical (unpaired) electrons. The monoisotopic (exact) mass is 360 g/mol. The molecule has 1 saturated carbocycles. The van der Waals surface area contributed by atoms with Crippen molar-refractivity contribution in [1.82, 2.24) is 15.5 Å². The molecule has 2 rings (SSSR count). The zero-order valence-corrected chi connectivity index (χ0v) is 16.8. The molecule has 2 N–H and O–H groups in total. The van der Waals surface area contributed by atoms with Crippen LogP contribution in [0.5, 0.6) is 0 Å². The van der Waals surface area contributed by atoms with Crippen molar-refractivity contribution in [3.8, 4) is 0 Å². The van der Waals surface area contributed by atoms with E-state index in [-0.39, 0.29) is 0 Å². The maximum Gasteiger partial charge on any atom is 0.191 e. The summed E-state index contributed by atoms with van der Waals surface area (Å²) in [5, 5.41) is 6.72. The normalized spacial score (nSPS) is 14.7. The molecule has 0 unspecified atom stereocenters. The van der Waals surface area contributed by atoms with E-state index in [2.05, 4.69) is 58.6 Å². The number of ether oxygens (including phenoxy) is 1. The number of guanidine groups is 1. The fourth-order valence-electron chi connectivity index (χ4n) is 2.79. The third-order valence-corrected chi connectivity index (χ3v) is 4.82. The maximum atomic E-state index is 5.65. The van der Waals surface area contributed by atoms with Crippen molar-refractivity contribution in [3.63, 3.8) is 0 Å². The van der Waals surface area contributed by atoms with Gasteiger partial charge in [-0.3, -0.25) is 9.89 Å². The Balaban J connectivity index is 1.62. The summed E-state index contributed by atoms with van der Waals surface area (Å²) >= 11 is 0. The number of hydrogen-bond donors (Lipinski definition) is 2. The van der Waals surface area contributed by atoms with Gasteiger partial charge in [0.25, 0.3) is 0 Å². The first-order valence-electron chi connectivity index (χ1n) is 10.1. The van der Waals surface area contributed by atoms with Gasteiger partial charge >= 0.3 is 0 Å². The van der Waals surface area contributed by atoms with E-state index in [1.165, 1.54) is 24.0 Å². The predicted octanol–water partition coefficient (Wildman–Crippen LogP) is 3.01. The molecule has 0 amide bonds. The zero-order chi connectivity index (χ0) is 18.6. The van der Waals surface area contributed by atoms with E-state index in [0.29, 0.717) is 0 Å². The predicted molar refractivity (Wildman–Crippen MR) is 109 cm³/mol. The summed E-state index contributed by atoms with van der Waals surface area (Å²) in [5.74, 6) is 1.69. The van der Waals surface area contributed by atoms with Crippen LogP contribution >= 0.6 is 0 Å². The van der Waals surface area contributed by atoms with Crippen LogP contribution in [0, 0.1) is 5.92 Å². The second-order valence-electron chi connectivity index (χ2n) is 7.00. The van der Waals surface area contributed by atoms with Crippen LogP contribution in [0.2, 0.25) is 0 Å². The molecule has 26 heavy (non-hydrogen) atoms. The first-order chi connectivity index (χ1) is 12.7. The van der Waals surface area contributed by atoms with Crippen molar-refractivity contribution < 1.29 is 4.74 Å². The first kappa shape index (κ1) is 20.7. The average molecular weight is 361 g/mol. The van der Waals surface area contributed by atoms with Crippen molar-refractivity contribution in [2.45, 2.75) is 46.2 Å². The summed E-state index contributed by atoms with van der Waals surface area (Å²) in [5.41, 5.74) is 2.63. The molecule has 5 nitrogen and oxygen atoms in total. The fraction of sp³-hybridized carbons (Fsp3) is 0.667. The highest BCUT2D eigenvalue weighted by molar-refractivity contribution is 5.79. The third kappa shape index (κ3) is 8.19. The van der Waals surface area contributed by atoms with Gasteiger partial charge in [-0.1, -0.05) is 38.1 Å². The van der Waals surface area contributed by atoms with Gasteiger partial charge < -0.3 is 15.4 Å². The quantitative estimate of drug-likeness (QED) is 0.342. The number of rotatable bonds is 12. The molecular formula is C21H36N4O. The third-order valence-electron chi connectivity index (χ3n) is 4.82. The topological polar surface area (TPSA) is 48.9 Å². The molecule has 0 bridgehead atoms. The molecule has 146 valence electrons. The molecule has 0 atom stereocenters. The molecule has 0 spiro atoms. The van der Waals surface area contributed by atoms with Crippen LogP contribution < -0.4 is 10.6 Å². The summed E-state index contributed by atoms with van der Waals surface area (Å²) in [6.07, 6.45) is 3.71. The smallest absolute Gasteiger partial charge is 0.191 e. The molecule has 1 aliphatic carbocycles. The van der Waals surface area contributed by atoms with E-state index in [4.69, 9.17) is 4.74 Å². The van der Waals surface area contributed by atoms with Crippen molar-refractivity contribution in [3.05, 3.63) is 35.4 Å². The van der Waals surface area contributed by atoms with E-state index in [1.54, 1.807) is 0 Å². The number of nitrogens with one attached hydrogen (secondary N) is 2. The van der Waals surface area contributed by atoms with Crippen LogP contribution in [-0.4, -0.2) is 50.8 Å². The van der Waals surface area contributed by atoms with Crippen molar-refractivity contribution in [1.29, 1.82) is 0 Å². The fourth-order valence-corrected chi connectivity index (χ4v) is 2.79. The highest BCUT2D eigenvalue weighted by Crippen LogP contribution is 2.28. The second-order valence-corrected chi connectivity index (χ2v) is 7.00. The molecular weight excluding hydrogens is 324 g/mol. The van der Waals surface area contributed by atoms with Crippen LogP contribution in [0.4, 0.5) is 0 Å². The molecule has 5 heteroatoms. The van der Waals surface area contributed by atoms with Gasteiger partial charge in [-0.15, -0.1) is 0 Å². The van der Waals surface area contributed by atoms with E-state index >= 15 is 0 Å². The first-order valence-corrected chi connectivity index (χ1v) is 10.1. The van der Waals surface area contributed by atoms with Gasteiger partial charge in [0.2, 0.25) is 0 Å². The lowest BCUT2D eigenvalue weighted by molar-refractivity contribution is 0.123. The molecule has 0 aliphatic heterocycles. The van der Waals surface area contributed by atoms with Crippen LogP contribution in [-0.2, 0) is 17.8 Å². The maximum absolute atomic E-state index is 5.65. The van der Waals surface area contributed by atoms with Crippen molar-refractivity contribution in [2.75, 3.05) is 39.9 Å². The second kappa shape index (κ2) is 11.9. The van der Waals surface area contributed by atoms with Crippen LogP contribution in [0.25, 0.3) is 0 Å². The van der Waals surface area contributed by atoms with Crippen LogP contribution in [0.3, 0.4) is 0 Å². The lowest BCUT2D eigenvalue weighted by Gasteiger charge is -2.18. The van der Waals surface area contributed by atoms with Crippen LogP contribution in [0.15, 0.2) is 29.3 Å². The summed E-state index contributed by atoms with van der Waals surface area (Å²) in [4.78, 5) is 6.71. The molecule has 0 aromatic heterocycles. The van der Waals surface area contributed by atoms with E-state index in [9.17, 15) is 0 Å². The highest BCUT2D eigenvalue weighted by Gasteiger charge is 2.20. The lowest BCUT2D eigenvalue weighted by Crippen LogP contribution is -2.37. The molecule has 0 saturated heterocycles.